The molecule has 0 saturated carbocycles. The molecule has 0 unspecified atom stereocenters. The predicted octanol–water partition coefficient (Wildman–Crippen LogP) is 3.70. The van der Waals surface area contributed by atoms with Crippen LogP contribution >= 0.6 is 47.4 Å². The molecule has 2 N–H and O–H groups in total. The Morgan fingerprint density at radius 2 is 1.90 bits per heavy atom. The third-order valence-corrected chi connectivity index (χ3v) is 4.81. The summed E-state index contributed by atoms with van der Waals surface area (Å²) in [7, 11) is 0. The molecule has 1 amide bonds. The summed E-state index contributed by atoms with van der Waals surface area (Å²) in [5.74, 6) is -0.0381. The molecule has 20 heavy (non-hydrogen) atoms. The Morgan fingerprint density at radius 1 is 1.30 bits per heavy atom. The summed E-state index contributed by atoms with van der Waals surface area (Å²) in [6.07, 6.45) is 3.60. The molecule has 112 valence electrons. The number of amides is 1. The topological polar surface area (TPSA) is 46.3 Å². The maximum absolute atomic E-state index is 12.5. The number of thioether (sulfide) groups is 1. The molecule has 0 radical (unpaired) electrons. The van der Waals surface area contributed by atoms with E-state index in [1.54, 1.807) is 12.1 Å². The van der Waals surface area contributed by atoms with Crippen molar-refractivity contribution < 1.29 is 4.79 Å². The highest BCUT2D eigenvalue weighted by Gasteiger charge is 2.24. The van der Waals surface area contributed by atoms with Gasteiger partial charge in [-0.2, -0.15) is 0 Å². The van der Waals surface area contributed by atoms with E-state index in [-0.39, 0.29) is 24.4 Å². The van der Waals surface area contributed by atoms with Gasteiger partial charge in [0.15, 0.2) is 0 Å². The van der Waals surface area contributed by atoms with Gasteiger partial charge >= 0.3 is 0 Å². The van der Waals surface area contributed by atoms with Crippen molar-refractivity contribution in [3.8, 4) is 0 Å². The standard InChI is InChI=1S/C13H16Cl2N2OS.ClH/c1-19-12-6-9(10(14)7-11(12)15)13(18)17-4-2-8(16)3-5-17;/h6-8H,2-5,16H2,1H3;1H. The highest BCUT2D eigenvalue weighted by atomic mass is 35.5. The van der Waals surface area contributed by atoms with Gasteiger partial charge in [-0.05, 0) is 31.2 Å². The van der Waals surface area contributed by atoms with Gasteiger partial charge in [-0.1, -0.05) is 23.2 Å². The van der Waals surface area contributed by atoms with E-state index in [0.717, 1.165) is 17.7 Å². The number of halogens is 3. The van der Waals surface area contributed by atoms with Crippen molar-refractivity contribution in [3.63, 3.8) is 0 Å². The molecule has 1 fully saturated rings. The Hall–Kier alpha value is -0.130. The Kier molecular flexibility index (Phi) is 6.95. The zero-order valence-corrected chi connectivity index (χ0v) is 14.2. The Bertz CT molecular complexity index is 491. The van der Waals surface area contributed by atoms with Crippen molar-refractivity contribution >= 4 is 53.3 Å². The van der Waals surface area contributed by atoms with Gasteiger partial charge in [0, 0.05) is 24.0 Å². The first kappa shape index (κ1) is 17.9. The fourth-order valence-electron chi connectivity index (χ4n) is 2.12. The van der Waals surface area contributed by atoms with Gasteiger partial charge in [-0.25, -0.2) is 0 Å². The van der Waals surface area contributed by atoms with Gasteiger partial charge in [0.1, 0.15) is 0 Å². The average molecular weight is 356 g/mol. The van der Waals surface area contributed by atoms with E-state index in [1.807, 2.05) is 11.2 Å². The summed E-state index contributed by atoms with van der Waals surface area (Å²) in [5.41, 5.74) is 6.37. The van der Waals surface area contributed by atoms with Crippen molar-refractivity contribution in [2.45, 2.75) is 23.8 Å². The van der Waals surface area contributed by atoms with E-state index in [2.05, 4.69) is 0 Å². The van der Waals surface area contributed by atoms with Crippen molar-refractivity contribution in [2.24, 2.45) is 5.73 Å². The highest BCUT2D eigenvalue weighted by Crippen LogP contribution is 2.32. The van der Waals surface area contributed by atoms with E-state index < -0.39 is 0 Å². The Labute approximate surface area is 139 Å². The van der Waals surface area contributed by atoms with Gasteiger partial charge in [0.2, 0.25) is 0 Å². The van der Waals surface area contributed by atoms with E-state index in [4.69, 9.17) is 28.9 Å². The first-order valence-electron chi connectivity index (χ1n) is 6.11. The predicted molar refractivity (Wildman–Crippen MR) is 88.6 cm³/mol. The van der Waals surface area contributed by atoms with Crippen LogP contribution in [0.5, 0.6) is 0 Å². The van der Waals surface area contributed by atoms with Crippen LogP contribution in [0.4, 0.5) is 0 Å². The highest BCUT2D eigenvalue weighted by molar-refractivity contribution is 7.98. The van der Waals surface area contributed by atoms with Crippen LogP contribution in [0.2, 0.25) is 10.0 Å². The van der Waals surface area contributed by atoms with E-state index in [9.17, 15) is 4.79 Å². The SMILES string of the molecule is CSc1cc(C(=O)N2CCC(N)CC2)c(Cl)cc1Cl.Cl. The largest absolute Gasteiger partial charge is 0.338 e. The molecule has 7 heteroatoms. The van der Waals surface area contributed by atoms with Crippen LogP contribution in [-0.2, 0) is 0 Å². The van der Waals surface area contributed by atoms with Crippen LogP contribution in [0.3, 0.4) is 0 Å². The molecule has 0 aromatic heterocycles. The molecule has 1 aromatic rings. The quantitative estimate of drug-likeness (QED) is 0.823. The van der Waals surface area contributed by atoms with Crippen LogP contribution in [-0.4, -0.2) is 36.2 Å². The minimum Gasteiger partial charge on any atom is -0.338 e. The minimum atomic E-state index is -0.0381. The molecule has 0 atom stereocenters. The van der Waals surface area contributed by atoms with Gasteiger partial charge in [-0.3, -0.25) is 4.79 Å². The summed E-state index contributed by atoms with van der Waals surface area (Å²) in [6, 6.07) is 3.61. The summed E-state index contributed by atoms with van der Waals surface area (Å²) in [4.78, 5) is 15.1. The van der Waals surface area contributed by atoms with Crippen molar-refractivity contribution in [2.75, 3.05) is 19.3 Å². The van der Waals surface area contributed by atoms with Crippen LogP contribution < -0.4 is 5.73 Å². The van der Waals surface area contributed by atoms with Gasteiger partial charge < -0.3 is 10.6 Å². The number of nitrogens with zero attached hydrogens (tertiary/aromatic N) is 1. The Morgan fingerprint density at radius 3 is 2.45 bits per heavy atom. The molecule has 1 aromatic carbocycles. The second kappa shape index (κ2) is 7.76. The third-order valence-electron chi connectivity index (χ3n) is 3.30. The second-order valence-corrected chi connectivity index (χ2v) is 6.26. The third kappa shape index (κ3) is 3.95. The molecule has 1 saturated heterocycles. The number of nitrogens with two attached hydrogens (primary N) is 1. The number of piperidine rings is 1. The lowest BCUT2D eigenvalue weighted by atomic mass is 10.0. The summed E-state index contributed by atoms with van der Waals surface area (Å²) < 4.78 is 0. The van der Waals surface area contributed by atoms with Crippen LogP contribution in [0, 0.1) is 0 Å². The van der Waals surface area contributed by atoms with E-state index in [0.29, 0.717) is 28.7 Å². The molecule has 0 aliphatic carbocycles. The number of benzene rings is 1. The first-order valence-corrected chi connectivity index (χ1v) is 8.09. The average Bonchev–Trinajstić information content (AvgIpc) is 2.39. The summed E-state index contributed by atoms with van der Waals surface area (Å²) >= 11 is 13.7. The molecule has 0 spiro atoms. The summed E-state index contributed by atoms with van der Waals surface area (Å²) in [6.45, 7) is 1.38. The fourth-order valence-corrected chi connectivity index (χ4v) is 3.31. The number of hydrogen-bond donors (Lipinski definition) is 1. The monoisotopic (exact) mass is 354 g/mol. The number of rotatable bonds is 2. The zero-order valence-electron chi connectivity index (χ0n) is 11.1. The van der Waals surface area contributed by atoms with Crippen LogP contribution in [0.1, 0.15) is 23.2 Å². The minimum absolute atomic E-state index is 0. The number of carbonyl (C=O) groups excluding carboxylic acids is 1. The molecule has 0 bridgehead atoms. The molecular weight excluding hydrogens is 339 g/mol. The lowest BCUT2D eigenvalue weighted by molar-refractivity contribution is 0.0714. The maximum Gasteiger partial charge on any atom is 0.255 e. The first-order chi connectivity index (χ1) is 9.02. The number of likely N-dealkylation sites (tertiary alicyclic amines) is 1. The Balaban J connectivity index is 0.00000200. The molecule has 2 rings (SSSR count). The molecular formula is C13H17Cl3N2OS. The molecule has 1 aliphatic heterocycles. The maximum atomic E-state index is 12.5. The summed E-state index contributed by atoms with van der Waals surface area (Å²) in [5, 5.41) is 0.984. The number of hydrogen-bond acceptors (Lipinski definition) is 3. The van der Waals surface area contributed by atoms with E-state index in [1.165, 1.54) is 11.8 Å². The zero-order chi connectivity index (χ0) is 14.0. The van der Waals surface area contributed by atoms with Crippen molar-refractivity contribution in [1.82, 2.24) is 4.90 Å². The van der Waals surface area contributed by atoms with Crippen molar-refractivity contribution in [3.05, 3.63) is 27.7 Å². The normalized spacial score (nSPS) is 15.9. The second-order valence-electron chi connectivity index (χ2n) is 4.60. The van der Waals surface area contributed by atoms with E-state index >= 15 is 0 Å². The van der Waals surface area contributed by atoms with Crippen molar-refractivity contribution in [1.29, 1.82) is 0 Å². The van der Waals surface area contributed by atoms with Crippen LogP contribution in [0.15, 0.2) is 17.0 Å². The lowest BCUT2D eigenvalue weighted by Crippen LogP contribution is -2.42. The van der Waals surface area contributed by atoms with Crippen LogP contribution in [0.25, 0.3) is 0 Å². The molecule has 3 nitrogen and oxygen atoms in total. The molecule has 1 aliphatic rings. The smallest absolute Gasteiger partial charge is 0.255 e. The molecule has 1 heterocycles. The fraction of sp³-hybridized carbons (Fsp3) is 0.462. The van der Waals surface area contributed by atoms with Gasteiger partial charge in [0.05, 0.1) is 15.6 Å². The van der Waals surface area contributed by atoms with Gasteiger partial charge in [-0.15, -0.1) is 24.2 Å². The number of carbonyl (C=O) groups is 1. The lowest BCUT2D eigenvalue weighted by Gasteiger charge is -2.30. The van der Waals surface area contributed by atoms with Gasteiger partial charge in [0.25, 0.3) is 5.91 Å².